The number of hydrogen-bond donors (Lipinski definition) is 2. The molecule has 1 unspecified atom stereocenters. The molecule has 0 aliphatic carbocycles. The third kappa shape index (κ3) is 6.84. The van der Waals surface area contributed by atoms with Crippen LogP contribution in [-0.4, -0.2) is 53.1 Å². The van der Waals surface area contributed by atoms with Gasteiger partial charge in [0.2, 0.25) is 0 Å². The summed E-state index contributed by atoms with van der Waals surface area (Å²) in [4.78, 5) is 11.4. The number of aromatic nitrogens is 2. The van der Waals surface area contributed by atoms with Gasteiger partial charge in [-0.2, -0.15) is 0 Å². The van der Waals surface area contributed by atoms with E-state index in [-0.39, 0.29) is 30.0 Å². The zero-order valence-electron chi connectivity index (χ0n) is 16.0. The molecule has 2 aromatic heterocycles. The topological polar surface area (TPSA) is 70.6 Å². The van der Waals surface area contributed by atoms with Crippen LogP contribution >= 0.6 is 24.0 Å². The first kappa shape index (κ1) is 21.7. The highest BCUT2D eigenvalue weighted by atomic mass is 127. The van der Waals surface area contributed by atoms with E-state index in [4.69, 9.17) is 9.41 Å². The predicted octanol–water partition coefficient (Wildman–Crippen LogP) is 2.88. The zero-order chi connectivity index (χ0) is 18.0. The maximum atomic E-state index is 5.71. The Balaban J connectivity index is 0.00000261. The summed E-state index contributed by atoms with van der Waals surface area (Å²) < 4.78 is 7.76. The molecular formula is C19H31IN6O. The Morgan fingerprint density at radius 3 is 2.81 bits per heavy atom. The maximum Gasteiger partial charge on any atom is 0.191 e. The number of imidazole rings is 1. The number of halogens is 1. The Morgan fingerprint density at radius 2 is 2.15 bits per heavy atom. The summed E-state index contributed by atoms with van der Waals surface area (Å²) >= 11 is 0. The van der Waals surface area contributed by atoms with Crippen molar-refractivity contribution in [3.63, 3.8) is 0 Å². The van der Waals surface area contributed by atoms with Crippen LogP contribution in [0.1, 0.15) is 38.0 Å². The minimum Gasteiger partial charge on any atom is -0.468 e. The van der Waals surface area contributed by atoms with Crippen LogP contribution < -0.4 is 10.6 Å². The lowest BCUT2D eigenvalue weighted by Crippen LogP contribution is -2.40. The number of guanidine groups is 1. The molecule has 0 radical (unpaired) electrons. The number of rotatable bonds is 8. The van der Waals surface area contributed by atoms with E-state index < -0.39 is 0 Å². The fraction of sp³-hybridized carbons (Fsp3) is 0.579. The quantitative estimate of drug-likeness (QED) is 0.341. The largest absolute Gasteiger partial charge is 0.468 e. The van der Waals surface area contributed by atoms with E-state index in [0.29, 0.717) is 6.54 Å². The first-order valence-electron chi connectivity index (χ1n) is 9.62. The van der Waals surface area contributed by atoms with Crippen LogP contribution in [0.25, 0.3) is 0 Å². The normalized spacial score (nSPS) is 16.6. The minimum atomic E-state index is 0. The first-order valence-corrected chi connectivity index (χ1v) is 9.62. The van der Waals surface area contributed by atoms with Gasteiger partial charge in [0.05, 0.1) is 25.2 Å². The van der Waals surface area contributed by atoms with Crippen molar-refractivity contribution in [1.82, 2.24) is 25.1 Å². The van der Waals surface area contributed by atoms with E-state index in [1.807, 2.05) is 18.6 Å². The van der Waals surface area contributed by atoms with Crippen LogP contribution in [0.5, 0.6) is 0 Å². The highest BCUT2D eigenvalue weighted by Crippen LogP contribution is 2.25. The van der Waals surface area contributed by atoms with E-state index in [2.05, 4.69) is 38.1 Å². The maximum absolute atomic E-state index is 5.71. The Kier molecular flexibility index (Phi) is 9.68. The first-order chi connectivity index (χ1) is 12.9. The Bertz CT molecular complexity index is 637. The van der Waals surface area contributed by atoms with Crippen molar-refractivity contribution >= 4 is 29.9 Å². The van der Waals surface area contributed by atoms with Gasteiger partial charge in [-0.25, -0.2) is 4.98 Å². The Labute approximate surface area is 178 Å². The molecule has 1 fully saturated rings. The van der Waals surface area contributed by atoms with Crippen molar-refractivity contribution < 1.29 is 4.42 Å². The number of furan rings is 1. The molecule has 150 valence electrons. The highest BCUT2D eigenvalue weighted by Gasteiger charge is 2.24. The molecule has 1 aliphatic rings. The summed E-state index contributed by atoms with van der Waals surface area (Å²) in [5.41, 5.74) is 0. The van der Waals surface area contributed by atoms with E-state index >= 15 is 0 Å². The summed E-state index contributed by atoms with van der Waals surface area (Å²) in [6.45, 7) is 7.51. The molecule has 3 rings (SSSR count). The summed E-state index contributed by atoms with van der Waals surface area (Å²) in [5.74, 6) is 1.85. The van der Waals surface area contributed by atoms with Crippen molar-refractivity contribution in [2.45, 2.75) is 38.8 Å². The average Bonchev–Trinajstić information content (AvgIpc) is 3.37. The Hall–Kier alpha value is -1.55. The molecule has 27 heavy (non-hydrogen) atoms. The van der Waals surface area contributed by atoms with Gasteiger partial charge in [-0.15, -0.1) is 24.0 Å². The van der Waals surface area contributed by atoms with Crippen LogP contribution in [0, 0.1) is 0 Å². The second-order valence-electron chi connectivity index (χ2n) is 6.57. The van der Waals surface area contributed by atoms with Crippen LogP contribution in [0.4, 0.5) is 0 Å². The number of likely N-dealkylation sites (tertiary alicyclic amines) is 1. The minimum absolute atomic E-state index is 0. The van der Waals surface area contributed by atoms with Crippen molar-refractivity contribution in [2.24, 2.45) is 4.99 Å². The van der Waals surface area contributed by atoms with Crippen molar-refractivity contribution in [1.29, 1.82) is 0 Å². The van der Waals surface area contributed by atoms with Gasteiger partial charge in [-0.05, 0) is 45.0 Å². The molecule has 0 aromatic carbocycles. The summed E-state index contributed by atoms with van der Waals surface area (Å²) in [7, 11) is 0. The average molecular weight is 486 g/mol. The van der Waals surface area contributed by atoms with E-state index in [0.717, 1.165) is 44.4 Å². The molecule has 0 bridgehead atoms. The van der Waals surface area contributed by atoms with Crippen LogP contribution in [0.3, 0.4) is 0 Å². The second kappa shape index (κ2) is 12.0. The third-order valence-electron chi connectivity index (χ3n) is 4.69. The van der Waals surface area contributed by atoms with Gasteiger partial charge in [-0.3, -0.25) is 9.89 Å². The van der Waals surface area contributed by atoms with E-state index in [9.17, 15) is 0 Å². The van der Waals surface area contributed by atoms with Crippen LogP contribution in [0.2, 0.25) is 0 Å². The molecule has 0 saturated carbocycles. The van der Waals surface area contributed by atoms with Crippen LogP contribution in [-0.2, 0) is 6.54 Å². The number of nitrogens with one attached hydrogen (secondary N) is 2. The molecule has 3 heterocycles. The second-order valence-corrected chi connectivity index (χ2v) is 6.57. The van der Waals surface area contributed by atoms with Gasteiger partial charge in [0, 0.05) is 32.0 Å². The molecule has 1 atom stereocenters. The summed E-state index contributed by atoms with van der Waals surface area (Å²) in [6.07, 6.45) is 11.2. The van der Waals surface area contributed by atoms with E-state index in [1.54, 1.807) is 12.5 Å². The summed E-state index contributed by atoms with van der Waals surface area (Å²) in [6, 6.07) is 4.23. The van der Waals surface area contributed by atoms with Gasteiger partial charge < -0.3 is 19.6 Å². The van der Waals surface area contributed by atoms with Crippen LogP contribution in [0.15, 0.2) is 46.5 Å². The fourth-order valence-electron chi connectivity index (χ4n) is 3.34. The van der Waals surface area contributed by atoms with Crippen molar-refractivity contribution in [3.05, 3.63) is 42.9 Å². The number of nitrogens with zero attached hydrogens (tertiary/aromatic N) is 4. The van der Waals surface area contributed by atoms with Gasteiger partial charge in [0.1, 0.15) is 5.76 Å². The molecule has 1 aliphatic heterocycles. The molecule has 2 aromatic rings. The highest BCUT2D eigenvalue weighted by molar-refractivity contribution is 14.0. The molecule has 2 N–H and O–H groups in total. The SMILES string of the molecule is CCNC(=NCC(c1ccco1)N1CCCCC1)NCCn1ccnc1.I. The van der Waals surface area contributed by atoms with Gasteiger partial charge >= 0.3 is 0 Å². The van der Waals surface area contributed by atoms with E-state index in [1.165, 1.54) is 19.3 Å². The molecular weight excluding hydrogens is 455 g/mol. The smallest absolute Gasteiger partial charge is 0.191 e. The predicted molar refractivity (Wildman–Crippen MR) is 118 cm³/mol. The van der Waals surface area contributed by atoms with Gasteiger partial charge in [-0.1, -0.05) is 6.42 Å². The van der Waals surface area contributed by atoms with Crippen molar-refractivity contribution in [3.8, 4) is 0 Å². The zero-order valence-corrected chi connectivity index (χ0v) is 18.3. The number of piperidine rings is 1. The molecule has 1 saturated heterocycles. The lowest BCUT2D eigenvalue weighted by atomic mass is 10.1. The molecule has 8 heteroatoms. The standard InChI is InChI=1S/C19H30N6O.HI/c1-2-21-19(22-9-13-24-12-8-20-16-24)23-15-17(18-7-6-14-26-18)25-10-4-3-5-11-25;/h6-8,12,14,16-17H,2-5,9-11,13,15H2,1H3,(H2,21,22,23);1H. The van der Waals surface area contributed by atoms with Crippen molar-refractivity contribution in [2.75, 3.05) is 32.7 Å². The third-order valence-corrected chi connectivity index (χ3v) is 4.69. The Morgan fingerprint density at radius 1 is 1.30 bits per heavy atom. The van der Waals surface area contributed by atoms with Gasteiger partial charge in [0.15, 0.2) is 5.96 Å². The number of aliphatic imine (C=N–C) groups is 1. The fourth-order valence-corrected chi connectivity index (χ4v) is 3.34. The molecule has 0 amide bonds. The van der Waals surface area contributed by atoms with Gasteiger partial charge in [0.25, 0.3) is 0 Å². The summed E-state index contributed by atoms with van der Waals surface area (Å²) in [5, 5.41) is 6.73. The number of hydrogen-bond acceptors (Lipinski definition) is 4. The lowest BCUT2D eigenvalue weighted by Gasteiger charge is -2.32. The molecule has 0 spiro atoms. The molecule has 7 nitrogen and oxygen atoms in total. The monoisotopic (exact) mass is 486 g/mol. The lowest BCUT2D eigenvalue weighted by molar-refractivity contribution is 0.150.